The zero-order valence-corrected chi connectivity index (χ0v) is 13.1. The van der Waals surface area contributed by atoms with Crippen molar-refractivity contribution in [3.8, 4) is 0 Å². The van der Waals surface area contributed by atoms with Gasteiger partial charge in [0.2, 0.25) is 0 Å². The van der Waals surface area contributed by atoms with E-state index in [9.17, 15) is 4.79 Å². The Morgan fingerprint density at radius 1 is 1.32 bits per heavy atom. The maximum absolute atomic E-state index is 12.6. The molecule has 3 aromatic rings. The van der Waals surface area contributed by atoms with Crippen LogP contribution in [0.1, 0.15) is 21.7 Å². The number of para-hydroxylation sites is 1. The van der Waals surface area contributed by atoms with Gasteiger partial charge in [-0.2, -0.15) is 0 Å². The van der Waals surface area contributed by atoms with Gasteiger partial charge in [0.05, 0.1) is 5.02 Å². The number of hydrogen-bond donors (Lipinski definition) is 0. The minimum atomic E-state index is -0.173. The number of carbonyl (C=O) groups excluding carboxylic acids is 1. The van der Waals surface area contributed by atoms with Crippen LogP contribution in [-0.2, 0) is 6.54 Å². The van der Waals surface area contributed by atoms with Crippen molar-refractivity contribution in [3.63, 3.8) is 0 Å². The highest BCUT2D eigenvalue weighted by atomic mass is 35.5. The molecule has 1 aromatic carbocycles. The first-order valence-electron chi connectivity index (χ1n) is 6.90. The summed E-state index contributed by atoms with van der Waals surface area (Å²) in [5, 5.41) is 1.38. The summed E-state index contributed by atoms with van der Waals surface area (Å²) in [4.78, 5) is 18.3. The standard InChI is InChI=1S/C17H15ClN2O2/c1-11-13-6-3-7-14(18)16(13)22-15(11)17(21)20(2)10-12-5-4-8-19-9-12/h3-9H,10H2,1-2H3. The number of aromatic nitrogens is 1. The number of benzene rings is 1. The van der Waals surface area contributed by atoms with Gasteiger partial charge in [-0.15, -0.1) is 0 Å². The largest absolute Gasteiger partial charge is 0.449 e. The van der Waals surface area contributed by atoms with Crippen molar-refractivity contribution in [2.75, 3.05) is 7.05 Å². The third-order valence-corrected chi connectivity index (χ3v) is 3.90. The highest BCUT2D eigenvalue weighted by molar-refractivity contribution is 6.35. The second-order valence-corrected chi connectivity index (χ2v) is 5.60. The van der Waals surface area contributed by atoms with Crippen LogP contribution in [0.2, 0.25) is 5.02 Å². The summed E-state index contributed by atoms with van der Waals surface area (Å²) in [6, 6.07) is 9.28. The van der Waals surface area contributed by atoms with Crippen molar-refractivity contribution in [1.29, 1.82) is 0 Å². The average molecular weight is 315 g/mol. The van der Waals surface area contributed by atoms with Crippen molar-refractivity contribution in [1.82, 2.24) is 9.88 Å². The Balaban J connectivity index is 1.92. The van der Waals surface area contributed by atoms with E-state index in [1.165, 1.54) is 0 Å². The van der Waals surface area contributed by atoms with E-state index in [4.69, 9.17) is 16.0 Å². The summed E-state index contributed by atoms with van der Waals surface area (Å²) in [5.41, 5.74) is 2.32. The topological polar surface area (TPSA) is 46.3 Å². The van der Waals surface area contributed by atoms with Crippen molar-refractivity contribution in [2.24, 2.45) is 0 Å². The Morgan fingerprint density at radius 3 is 2.82 bits per heavy atom. The Labute approximate surface area is 133 Å². The molecule has 2 heterocycles. The Kier molecular flexibility index (Phi) is 3.86. The number of pyridine rings is 1. The zero-order valence-electron chi connectivity index (χ0n) is 12.3. The lowest BCUT2D eigenvalue weighted by Gasteiger charge is -2.15. The van der Waals surface area contributed by atoms with Crippen LogP contribution in [0.5, 0.6) is 0 Å². The molecule has 0 aliphatic rings. The quantitative estimate of drug-likeness (QED) is 0.732. The first-order valence-corrected chi connectivity index (χ1v) is 7.27. The van der Waals surface area contributed by atoms with E-state index in [0.29, 0.717) is 22.9 Å². The second kappa shape index (κ2) is 5.81. The second-order valence-electron chi connectivity index (χ2n) is 5.20. The first-order chi connectivity index (χ1) is 10.6. The third kappa shape index (κ3) is 2.57. The fourth-order valence-corrected chi connectivity index (χ4v) is 2.64. The summed E-state index contributed by atoms with van der Waals surface area (Å²) in [6.45, 7) is 2.34. The van der Waals surface area contributed by atoms with Crippen LogP contribution in [0, 0.1) is 6.92 Å². The van der Waals surface area contributed by atoms with E-state index in [1.807, 2.05) is 31.2 Å². The predicted molar refractivity (Wildman–Crippen MR) is 86.0 cm³/mol. The van der Waals surface area contributed by atoms with E-state index in [1.54, 1.807) is 30.4 Å². The van der Waals surface area contributed by atoms with Gasteiger partial charge >= 0.3 is 0 Å². The third-order valence-electron chi connectivity index (χ3n) is 3.60. The van der Waals surface area contributed by atoms with Gasteiger partial charge in [-0.25, -0.2) is 0 Å². The fourth-order valence-electron chi connectivity index (χ4n) is 2.42. The maximum Gasteiger partial charge on any atom is 0.289 e. The molecular formula is C17H15ClN2O2. The van der Waals surface area contributed by atoms with Crippen molar-refractivity contribution in [2.45, 2.75) is 13.5 Å². The predicted octanol–water partition coefficient (Wildman–Crippen LogP) is 4.06. The van der Waals surface area contributed by atoms with E-state index < -0.39 is 0 Å². The van der Waals surface area contributed by atoms with E-state index in [2.05, 4.69) is 4.98 Å². The molecule has 0 fully saturated rings. The monoisotopic (exact) mass is 314 g/mol. The minimum Gasteiger partial charge on any atom is -0.449 e. The number of amides is 1. The van der Waals surface area contributed by atoms with Crippen molar-refractivity contribution < 1.29 is 9.21 Å². The molecule has 0 radical (unpaired) electrons. The van der Waals surface area contributed by atoms with E-state index in [-0.39, 0.29) is 5.91 Å². The molecule has 2 aromatic heterocycles. The molecule has 0 saturated carbocycles. The SMILES string of the molecule is Cc1c(C(=O)N(C)Cc2cccnc2)oc2c(Cl)cccc12. The molecule has 22 heavy (non-hydrogen) atoms. The highest BCUT2D eigenvalue weighted by Gasteiger charge is 2.22. The van der Waals surface area contributed by atoms with Gasteiger partial charge < -0.3 is 9.32 Å². The lowest BCUT2D eigenvalue weighted by atomic mass is 10.1. The molecule has 4 nitrogen and oxygen atoms in total. The molecule has 0 spiro atoms. The van der Waals surface area contributed by atoms with Crippen LogP contribution in [0.3, 0.4) is 0 Å². The van der Waals surface area contributed by atoms with Gasteiger partial charge in [-0.1, -0.05) is 29.8 Å². The number of halogens is 1. The average Bonchev–Trinajstić information content (AvgIpc) is 2.86. The number of aryl methyl sites for hydroxylation is 1. The van der Waals surface area contributed by atoms with Gasteiger partial charge in [0.1, 0.15) is 0 Å². The van der Waals surface area contributed by atoms with Gasteiger partial charge in [-0.05, 0) is 24.6 Å². The number of carbonyl (C=O) groups is 1. The molecule has 0 saturated heterocycles. The lowest BCUT2D eigenvalue weighted by molar-refractivity contribution is 0.0754. The normalized spacial score (nSPS) is 10.9. The Hall–Kier alpha value is -2.33. The lowest BCUT2D eigenvalue weighted by Crippen LogP contribution is -2.26. The number of furan rings is 1. The summed E-state index contributed by atoms with van der Waals surface area (Å²) < 4.78 is 5.71. The van der Waals surface area contributed by atoms with Crippen LogP contribution < -0.4 is 0 Å². The summed E-state index contributed by atoms with van der Waals surface area (Å²) in [7, 11) is 1.74. The molecule has 0 unspecified atom stereocenters. The van der Waals surface area contributed by atoms with E-state index in [0.717, 1.165) is 16.5 Å². The number of fused-ring (bicyclic) bond motifs is 1. The molecule has 0 aliphatic heterocycles. The molecule has 1 amide bonds. The molecule has 0 atom stereocenters. The van der Waals surface area contributed by atoms with Crippen LogP contribution in [-0.4, -0.2) is 22.8 Å². The molecule has 5 heteroatoms. The van der Waals surface area contributed by atoms with Crippen LogP contribution in [0.15, 0.2) is 47.1 Å². The van der Waals surface area contributed by atoms with Crippen LogP contribution in [0.25, 0.3) is 11.0 Å². The van der Waals surface area contributed by atoms with E-state index >= 15 is 0 Å². The van der Waals surface area contributed by atoms with Crippen molar-refractivity contribution in [3.05, 3.63) is 64.6 Å². The van der Waals surface area contributed by atoms with Crippen molar-refractivity contribution >= 4 is 28.5 Å². The maximum atomic E-state index is 12.6. The Bertz CT molecular complexity index is 827. The summed E-state index contributed by atoms with van der Waals surface area (Å²) >= 11 is 6.13. The van der Waals surface area contributed by atoms with Gasteiger partial charge in [-0.3, -0.25) is 9.78 Å². The fraction of sp³-hybridized carbons (Fsp3) is 0.176. The minimum absolute atomic E-state index is 0.173. The highest BCUT2D eigenvalue weighted by Crippen LogP contribution is 2.31. The van der Waals surface area contributed by atoms with Gasteiger partial charge in [0, 0.05) is 36.9 Å². The zero-order chi connectivity index (χ0) is 15.7. The number of nitrogens with zero attached hydrogens (tertiary/aromatic N) is 2. The molecular weight excluding hydrogens is 300 g/mol. The van der Waals surface area contributed by atoms with Crippen LogP contribution in [0.4, 0.5) is 0 Å². The summed E-state index contributed by atoms with van der Waals surface area (Å²) in [5.74, 6) is 0.156. The Morgan fingerprint density at radius 2 is 2.14 bits per heavy atom. The first kappa shape index (κ1) is 14.6. The molecule has 0 N–H and O–H groups in total. The molecule has 0 bridgehead atoms. The molecule has 3 rings (SSSR count). The smallest absolute Gasteiger partial charge is 0.289 e. The molecule has 112 valence electrons. The molecule has 0 aliphatic carbocycles. The number of rotatable bonds is 3. The summed E-state index contributed by atoms with van der Waals surface area (Å²) in [6.07, 6.45) is 3.45. The van der Waals surface area contributed by atoms with Gasteiger partial charge in [0.15, 0.2) is 11.3 Å². The van der Waals surface area contributed by atoms with Crippen LogP contribution >= 0.6 is 11.6 Å². The van der Waals surface area contributed by atoms with Gasteiger partial charge in [0.25, 0.3) is 5.91 Å². The number of hydrogen-bond acceptors (Lipinski definition) is 3.